The molecule has 1 aromatic heterocycles. The first-order valence-corrected chi connectivity index (χ1v) is 14.1. The number of hydrogen-bond acceptors (Lipinski definition) is 4. The molecule has 1 unspecified atom stereocenters. The van der Waals surface area contributed by atoms with Crippen molar-refractivity contribution < 1.29 is 0 Å². The van der Waals surface area contributed by atoms with Gasteiger partial charge in [-0.05, 0) is 57.6 Å². The summed E-state index contributed by atoms with van der Waals surface area (Å²) in [6.07, 6.45) is 3.42. The zero-order valence-corrected chi connectivity index (χ0v) is 22.9. The number of aromatic nitrogens is 1. The van der Waals surface area contributed by atoms with Gasteiger partial charge < -0.3 is 5.32 Å². The zero-order valence-electron chi connectivity index (χ0n) is 22.9. The van der Waals surface area contributed by atoms with Crippen LogP contribution in [0.15, 0.2) is 168 Å². The summed E-state index contributed by atoms with van der Waals surface area (Å²) in [5, 5.41) is 3.59. The smallest absolute Gasteiger partial charge is 0.159 e. The monoisotopic (exact) mass is 540 g/mol. The molecule has 0 saturated heterocycles. The molecule has 1 atom stereocenters. The van der Waals surface area contributed by atoms with Crippen molar-refractivity contribution in [3.8, 4) is 33.4 Å². The van der Waals surface area contributed by atoms with Gasteiger partial charge in [0.25, 0.3) is 0 Å². The summed E-state index contributed by atoms with van der Waals surface area (Å²) < 4.78 is 0. The summed E-state index contributed by atoms with van der Waals surface area (Å²) in [7, 11) is 0. The van der Waals surface area contributed by atoms with Gasteiger partial charge in [-0.25, -0.2) is 9.98 Å². The van der Waals surface area contributed by atoms with E-state index < -0.39 is 0 Å². The van der Waals surface area contributed by atoms with Crippen LogP contribution in [-0.2, 0) is 0 Å². The van der Waals surface area contributed by atoms with Gasteiger partial charge >= 0.3 is 0 Å². The van der Waals surface area contributed by atoms with E-state index in [2.05, 4.69) is 119 Å². The predicted molar refractivity (Wildman–Crippen MR) is 172 cm³/mol. The Hall–Kier alpha value is -5.61. The first-order valence-electron chi connectivity index (χ1n) is 14.1. The summed E-state index contributed by atoms with van der Waals surface area (Å²) in [6, 6.07) is 50.3. The lowest BCUT2D eigenvalue weighted by Crippen LogP contribution is -2.33. The molecule has 0 fully saturated rings. The van der Waals surface area contributed by atoms with E-state index in [1.54, 1.807) is 6.20 Å². The average molecular weight is 541 g/mol. The van der Waals surface area contributed by atoms with E-state index in [1.165, 1.54) is 11.1 Å². The third-order valence-electron chi connectivity index (χ3n) is 7.42. The molecule has 0 spiro atoms. The molecular weight excluding hydrogens is 512 g/mol. The maximum absolute atomic E-state index is 5.14. The molecule has 1 aliphatic heterocycles. The van der Waals surface area contributed by atoms with Crippen LogP contribution in [0.5, 0.6) is 0 Å². The number of aliphatic imine (C=N–C) groups is 2. The van der Waals surface area contributed by atoms with Crippen LogP contribution in [-0.4, -0.2) is 16.7 Å². The van der Waals surface area contributed by atoms with Gasteiger partial charge in [-0.1, -0.05) is 121 Å². The molecule has 0 saturated carbocycles. The van der Waals surface area contributed by atoms with Crippen molar-refractivity contribution in [2.24, 2.45) is 9.98 Å². The normalized spacial score (nSPS) is 14.4. The highest BCUT2D eigenvalue weighted by Gasteiger charge is 2.22. The summed E-state index contributed by atoms with van der Waals surface area (Å²) in [5.74, 6) is 1.48. The van der Waals surface area contributed by atoms with Crippen molar-refractivity contribution in [1.29, 1.82) is 0 Å². The van der Waals surface area contributed by atoms with Crippen LogP contribution in [0.3, 0.4) is 0 Å². The van der Waals surface area contributed by atoms with Crippen LogP contribution < -0.4 is 5.32 Å². The highest BCUT2D eigenvalue weighted by atomic mass is 15.2. The largest absolute Gasteiger partial charge is 0.344 e. The average Bonchev–Trinajstić information content (AvgIpc) is 3.09. The van der Waals surface area contributed by atoms with Crippen LogP contribution in [0.25, 0.3) is 33.4 Å². The van der Waals surface area contributed by atoms with E-state index in [4.69, 9.17) is 9.98 Å². The number of nitrogens with zero attached hydrogens (tertiary/aromatic N) is 3. The number of hydrogen-bond donors (Lipinski definition) is 1. The summed E-state index contributed by atoms with van der Waals surface area (Å²) in [6.45, 7) is 0. The molecule has 42 heavy (non-hydrogen) atoms. The van der Waals surface area contributed by atoms with Crippen LogP contribution in [0, 0.1) is 0 Å². The van der Waals surface area contributed by atoms with Crippen LogP contribution >= 0.6 is 0 Å². The number of rotatable bonds is 6. The Morgan fingerprint density at radius 2 is 0.976 bits per heavy atom. The number of benzene rings is 5. The quantitative estimate of drug-likeness (QED) is 0.230. The molecule has 4 heteroatoms. The minimum Gasteiger partial charge on any atom is -0.344 e. The van der Waals surface area contributed by atoms with Gasteiger partial charge in [0.2, 0.25) is 0 Å². The van der Waals surface area contributed by atoms with Crippen LogP contribution in [0.1, 0.15) is 22.9 Å². The molecule has 0 bridgehead atoms. The van der Waals surface area contributed by atoms with Gasteiger partial charge in [-0.3, -0.25) is 4.98 Å². The van der Waals surface area contributed by atoms with Crippen LogP contribution in [0.4, 0.5) is 0 Å². The maximum Gasteiger partial charge on any atom is 0.159 e. The van der Waals surface area contributed by atoms with E-state index >= 15 is 0 Å². The third-order valence-corrected chi connectivity index (χ3v) is 7.42. The van der Waals surface area contributed by atoms with Gasteiger partial charge in [0.1, 0.15) is 12.0 Å². The number of pyridine rings is 1. The number of amidine groups is 2. The molecule has 5 aromatic carbocycles. The molecule has 0 radical (unpaired) electrons. The lowest BCUT2D eigenvalue weighted by atomic mass is 9.96. The highest BCUT2D eigenvalue weighted by molar-refractivity contribution is 6.13. The Morgan fingerprint density at radius 3 is 1.62 bits per heavy atom. The minimum atomic E-state index is -0.273. The summed E-state index contributed by atoms with van der Waals surface area (Å²) in [4.78, 5) is 14.6. The van der Waals surface area contributed by atoms with E-state index in [9.17, 15) is 0 Å². The van der Waals surface area contributed by atoms with E-state index in [1.807, 2.05) is 42.6 Å². The first-order chi connectivity index (χ1) is 20.8. The molecule has 1 N–H and O–H groups in total. The highest BCUT2D eigenvalue weighted by Crippen LogP contribution is 2.30. The number of nitrogens with one attached hydrogen (secondary N) is 1. The molecule has 6 aromatic rings. The molecule has 1 aliphatic rings. The minimum absolute atomic E-state index is 0.273. The van der Waals surface area contributed by atoms with Gasteiger partial charge in [-0.2, -0.15) is 0 Å². The summed E-state index contributed by atoms with van der Waals surface area (Å²) >= 11 is 0. The molecule has 0 amide bonds. The second-order valence-corrected chi connectivity index (χ2v) is 10.2. The fourth-order valence-corrected chi connectivity index (χ4v) is 5.24. The molecule has 4 nitrogen and oxygen atoms in total. The zero-order chi connectivity index (χ0) is 28.1. The Kier molecular flexibility index (Phi) is 6.93. The van der Waals surface area contributed by atoms with Crippen molar-refractivity contribution in [1.82, 2.24) is 10.3 Å². The molecular formula is C38H28N4. The molecule has 200 valence electrons. The van der Waals surface area contributed by atoms with Gasteiger partial charge in [0, 0.05) is 29.1 Å². The van der Waals surface area contributed by atoms with Gasteiger partial charge in [-0.15, -0.1) is 0 Å². The lowest BCUT2D eigenvalue weighted by molar-refractivity contribution is 0.674. The third kappa shape index (κ3) is 5.38. The fourth-order valence-electron chi connectivity index (χ4n) is 5.24. The lowest BCUT2D eigenvalue weighted by Gasteiger charge is -2.24. The van der Waals surface area contributed by atoms with Crippen molar-refractivity contribution >= 4 is 11.7 Å². The fraction of sp³-hybridized carbons (Fsp3) is 0.0263. The van der Waals surface area contributed by atoms with E-state index in [0.717, 1.165) is 44.8 Å². The van der Waals surface area contributed by atoms with Crippen molar-refractivity contribution in [2.75, 3.05) is 0 Å². The van der Waals surface area contributed by atoms with E-state index in [-0.39, 0.29) is 6.17 Å². The Morgan fingerprint density at radius 1 is 0.452 bits per heavy atom. The first kappa shape index (κ1) is 25.4. The van der Waals surface area contributed by atoms with Crippen LogP contribution in [0.2, 0.25) is 0 Å². The Balaban J connectivity index is 1.35. The van der Waals surface area contributed by atoms with Gasteiger partial charge in [0.15, 0.2) is 5.84 Å². The maximum atomic E-state index is 5.14. The SMILES string of the molecule is c1ccc(-c2ccc(C3=NC(c4cc(-c5ccccc5)cc(-c5cccnc5)c4)=NC(c4ccccc4)N3)cc2)cc1. The summed E-state index contributed by atoms with van der Waals surface area (Å²) in [5.41, 5.74) is 9.76. The van der Waals surface area contributed by atoms with Crippen molar-refractivity contribution in [3.05, 3.63) is 175 Å². The van der Waals surface area contributed by atoms with Gasteiger partial charge in [0.05, 0.1) is 0 Å². The Labute approximate surface area is 245 Å². The standard InChI is InChI=1S/C38H28N4/c1-4-11-27(12-5-1)29-18-20-31(21-19-29)37-40-36(30-15-8-3-9-16-30)41-38(42-37)35-24-33(28-13-6-2-7-14-28)23-34(25-35)32-17-10-22-39-26-32/h1-26,36H,(H,40,41,42). The molecule has 2 heterocycles. The second kappa shape index (κ2) is 11.5. The van der Waals surface area contributed by atoms with E-state index in [0.29, 0.717) is 5.84 Å². The van der Waals surface area contributed by atoms with Crippen molar-refractivity contribution in [3.63, 3.8) is 0 Å². The second-order valence-electron chi connectivity index (χ2n) is 10.2. The van der Waals surface area contributed by atoms with Crippen molar-refractivity contribution in [2.45, 2.75) is 6.17 Å². The predicted octanol–water partition coefficient (Wildman–Crippen LogP) is 8.58. The molecule has 0 aliphatic carbocycles. The Bertz CT molecular complexity index is 1810. The molecule has 7 rings (SSSR count). The topological polar surface area (TPSA) is 49.6 Å².